The summed E-state index contributed by atoms with van der Waals surface area (Å²) < 4.78 is 127. The van der Waals surface area contributed by atoms with Crippen LogP contribution < -0.4 is 9.47 Å². The van der Waals surface area contributed by atoms with E-state index in [1.54, 1.807) is 0 Å². The van der Waals surface area contributed by atoms with Crippen LogP contribution in [0, 0.1) is 0 Å². The summed E-state index contributed by atoms with van der Waals surface area (Å²) in [5, 5.41) is 9.73. The maximum absolute atomic E-state index is 14.1. The van der Waals surface area contributed by atoms with E-state index in [1.807, 2.05) is 0 Å². The minimum Gasteiger partial charge on any atom is -0.497 e. The lowest BCUT2D eigenvalue weighted by atomic mass is 9.88. The number of ketones is 1. The zero-order chi connectivity index (χ0) is 21.1. The molecule has 1 aliphatic rings. The van der Waals surface area contributed by atoms with E-state index in [-0.39, 0.29) is 5.75 Å². The molecule has 0 bridgehead atoms. The van der Waals surface area contributed by atoms with Crippen molar-refractivity contribution < 1.29 is 58.9 Å². The van der Waals surface area contributed by atoms with Gasteiger partial charge in [-0.3, -0.25) is 4.79 Å². The van der Waals surface area contributed by atoms with Gasteiger partial charge in [-0.2, -0.15) is 39.5 Å². The number of aliphatic hydroxyl groups is 1. The van der Waals surface area contributed by atoms with Gasteiger partial charge in [-0.15, -0.1) is 0 Å². The van der Waals surface area contributed by atoms with Gasteiger partial charge in [-0.25, -0.2) is 0 Å². The number of carbonyl (C=O) groups excluding carboxylic acids is 1. The first-order valence-corrected chi connectivity index (χ1v) is 6.84. The van der Waals surface area contributed by atoms with Crippen LogP contribution in [0.5, 0.6) is 11.5 Å². The van der Waals surface area contributed by atoms with Crippen molar-refractivity contribution in [3.05, 3.63) is 23.8 Å². The normalized spacial score (nSPS) is 21.5. The van der Waals surface area contributed by atoms with Crippen molar-refractivity contribution in [2.75, 3.05) is 7.11 Å². The molecule has 1 aliphatic heterocycles. The molecule has 2 rings (SSSR count). The second-order valence-electron chi connectivity index (χ2n) is 5.57. The Kier molecular flexibility index (Phi) is 4.62. The highest BCUT2D eigenvalue weighted by molar-refractivity contribution is 6.00. The number of rotatable bonds is 4. The monoisotopic (exact) mass is 412 g/mol. The van der Waals surface area contributed by atoms with Gasteiger partial charge in [0.2, 0.25) is 0 Å². The van der Waals surface area contributed by atoms with Gasteiger partial charge in [0.25, 0.3) is 5.79 Å². The number of benzene rings is 1. The van der Waals surface area contributed by atoms with E-state index < -0.39 is 53.2 Å². The molecule has 4 nitrogen and oxygen atoms in total. The number of hydrogen-bond donors (Lipinski definition) is 1. The van der Waals surface area contributed by atoms with Gasteiger partial charge in [0.05, 0.1) is 19.1 Å². The lowest BCUT2D eigenvalue weighted by Crippen LogP contribution is -2.71. The molecule has 0 aromatic heterocycles. The molecular weight excluding hydrogens is 403 g/mol. The molecule has 0 fully saturated rings. The zero-order valence-corrected chi connectivity index (χ0v) is 13.0. The standard InChI is InChI=1S/C14H9F9O4/c1-26-6-2-3-7-8(24)5-10(25,27-9(7)4-6)11(15,16)12(17,18)13(19,20)14(21,22)23/h2-4,25H,5H2,1H3. The maximum Gasteiger partial charge on any atom is 0.460 e. The first-order chi connectivity index (χ1) is 12.0. The van der Waals surface area contributed by atoms with Gasteiger partial charge in [-0.1, -0.05) is 0 Å². The highest BCUT2D eigenvalue weighted by Gasteiger charge is 2.87. The van der Waals surface area contributed by atoms with E-state index >= 15 is 0 Å². The molecule has 0 saturated carbocycles. The Morgan fingerprint density at radius 1 is 1.04 bits per heavy atom. The number of ether oxygens (including phenoxy) is 2. The molecule has 1 heterocycles. The number of fused-ring (bicyclic) bond motifs is 1. The van der Waals surface area contributed by atoms with E-state index in [9.17, 15) is 49.4 Å². The number of carbonyl (C=O) groups is 1. The van der Waals surface area contributed by atoms with E-state index in [0.29, 0.717) is 6.07 Å². The molecule has 0 spiro atoms. The van der Waals surface area contributed by atoms with E-state index in [2.05, 4.69) is 9.47 Å². The average molecular weight is 412 g/mol. The van der Waals surface area contributed by atoms with Gasteiger partial charge in [-0.05, 0) is 12.1 Å². The number of alkyl halides is 9. The second kappa shape index (κ2) is 5.91. The Balaban J connectivity index is 2.56. The molecule has 152 valence electrons. The summed E-state index contributed by atoms with van der Waals surface area (Å²) in [5.74, 6) is -28.2. The third-order valence-electron chi connectivity index (χ3n) is 3.80. The van der Waals surface area contributed by atoms with E-state index in [1.165, 1.54) is 0 Å². The fourth-order valence-corrected chi connectivity index (χ4v) is 2.27. The van der Waals surface area contributed by atoms with Crippen LogP contribution in [0.1, 0.15) is 16.8 Å². The van der Waals surface area contributed by atoms with Crippen LogP contribution in [0.3, 0.4) is 0 Å². The predicted molar refractivity (Wildman–Crippen MR) is 68.4 cm³/mol. The second-order valence-corrected chi connectivity index (χ2v) is 5.57. The zero-order valence-electron chi connectivity index (χ0n) is 13.0. The lowest BCUT2D eigenvalue weighted by molar-refractivity contribution is -0.435. The summed E-state index contributed by atoms with van der Waals surface area (Å²) in [6.45, 7) is 0. The molecule has 1 atom stereocenters. The van der Waals surface area contributed by atoms with Crippen molar-refractivity contribution in [2.24, 2.45) is 0 Å². The Morgan fingerprint density at radius 3 is 2.07 bits per heavy atom. The van der Waals surface area contributed by atoms with Crippen LogP contribution in [-0.2, 0) is 0 Å². The summed E-state index contributed by atoms with van der Waals surface area (Å²) in [4.78, 5) is 11.9. The smallest absolute Gasteiger partial charge is 0.460 e. The van der Waals surface area contributed by atoms with Crippen molar-refractivity contribution in [3.63, 3.8) is 0 Å². The Bertz CT molecular complexity index is 759. The highest BCUT2D eigenvalue weighted by atomic mass is 19.4. The van der Waals surface area contributed by atoms with E-state index in [4.69, 9.17) is 0 Å². The summed E-state index contributed by atoms with van der Waals surface area (Å²) in [5.41, 5.74) is -0.498. The van der Waals surface area contributed by atoms with Crippen LogP contribution >= 0.6 is 0 Å². The number of hydrogen-bond acceptors (Lipinski definition) is 4. The first kappa shape index (κ1) is 21.1. The summed E-state index contributed by atoms with van der Waals surface area (Å²) >= 11 is 0. The predicted octanol–water partition coefficient (Wildman–Crippen LogP) is 3.82. The van der Waals surface area contributed by atoms with Crippen LogP contribution in [0.25, 0.3) is 0 Å². The van der Waals surface area contributed by atoms with Crippen molar-refractivity contribution >= 4 is 5.78 Å². The third-order valence-corrected chi connectivity index (χ3v) is 3.80. The van der Waals surface area contributed by atoms with Gasteiger partial charge in [0, 0.05) is 6.07 Å². The summed E-state index contributed by atoms with van der Waals surface area (Å²) in [7, 11) is 1.07. The maximum atomic E-state index is 14.1. The van der Waals surface area contributed by atoms with Crippen molar-refractivity contribution in [3.8, 4) is 11.5 Å². The Hall–Kier alpha value is -2.18. The minimum atomic E-state index is -7.24. The Morgan fingerprint density at radius 2 is 1.59 bits per heavy atom. The largest absolute Gasteiger partial charge is 0.497 e. The molecule has 27 heavy (non-hydrogen) atoms. The highest BCUT2D eigenvalue weighted by Crippen LogP contribution is 2.57. The molecular formula is C14H9F9O4. The van der Waals surface area contributed by atoms with Crippen molar-refractivity contribution in [1.82, 2.24) is 0 Å². The minimum absolute atomic E-state index is 0.165. The first-order valence-electron chi connectivity index (χ1n) is 6.84. The molecule has 13 heteroatoms. The Labute approximate surface area is 144 Å². The fraction of sp³-hybridized carbons (Fsp3) is 0.500. The lowest BCUT2D eigenvalue weighted by Gasteiger charge is -2.43. The number of halogens is 9. The third kappa shape index (κ3) is 2.87. The number of methoxy groups -OCH3 is 1. The number of Topliss-reactive ketones (excluding diaryl/α,β-unsaturated/α-hetero) is 1. The molecule has 0 saturated heterocycles. The van der Waals surface area contributed by atoms with Crippen LogP contribution in [0.15, 0.2) is 18.2 Å². The van der Waals surface area contributed by atoms with Crippen molar-refractivity contribution in [1.29, 1.82) is 0 Å². The quantitative estimate of drug-likeness (QED) is 0.765. The van der Waals surface area contributed by atoms with Crippen molar-refractivity contribution in [2.45, 2.75) is 36.2 Å². The molecule has 0 radical (unpaired) electrons. The molecule has 1 aromatic rings. The molecule has 1 unspecified atom stereocenters. The van der Waals surface area contributed by atoms with Gasteiger partial charge in [0.1, 0.15) is 11.5 Å². The fourth-order valence-electron chi connectivity index (χ4n) is 2.27. The van der Waals surface area contributed by atoms with Gasteiger partial charge >= 0.3 is 23.9 Å². The van der Waals surface area contributed by atoms with Crippen LogP contribution in [0.4, 0.5) is 39.5 Å². The topological polar surface area (TPSA) is 55.8 Å². The molecule has 1 aromatic carbocycles. The molecule has 0 aliphatic carbocycles. The van der Waals surface area contributed by atoms with Gasteiger partial charge in [0.15, 0.2) is 5.78 Å². The molecule has 1 N–H and O–H groups in total. The average Bonchev–Trinajstić information content (AvgIpc) is 2.52. The van der Waals surface area contributed by atoms with E-state index in [0.717, 1.165) is 19.2 Å². The summed E-state index contributed by atoms with van der Waals surface area (Å²) in [6.07, 6.45) is -9.07. The van der Waals surface area contributed by atoms with Gasteiger partial charge < -0.3 is 14.6 Å². The van der Waals surface area contributed by atoms with Crippen LogP contribution in [0.2, 0.25) is 0 Å². The summed E-state index contributed by atoms with van der Waals surface area (Å²) in [6, 6.07) is 2.76. The van der Waals surface area contributed by atoms with Crippen LogP contribution in [-0.4, -0.2) is 47.7 Å². The SMILES string of the molecule is COc1ccc2c(c1)OC(O)(C(F)(F)C(F)(F)C(F)(F)C(F)(F)F)CC2=O. The molecule has 0 amide bonds.